The molecule has 3 nitrogen and oxygen atoms in total. The highest BCUT2D eigenvalue weighted by Gasteiger charge is 2.11. The highest BCUT2D eigenvalue weighted by molar-refractivity contribution is 5.89. The van der Waals surface area contributed by atoms with Gasteiger partial charge in [0.05, 0.1) is 5.56 Å². The molecule has 2 rings (SSSR count). The van der Waals surface area contributed by atoms with E-state index in [9.17, 15) is 9.18 Å². The predicted molar refractivity (Wildman–Crippen MR) is 79.8 cm³/mol. The topological polar surface area (TPSA) is 49.3 Å². The van der Waals surface area contributed by atoms with Gasteiger partial charge in [-0.1, -0.05) is 24.3 Å². The van der Waals surface area contributed by atoms with E-state index in [0.29, 0.717) is 12.1 Å². The molecule has 1 atom stereocenters. The molecular weight excluding hydrogens is 269 g/mol. The summed E-state index contributed by atoms with van der Waals surface area (Å²) in [4.78, 5) is 11.1. The molecule has 0 unspecified atom stereocenters. The fourth-order valence-corrected chi connectivity index (χ4v) is 2.24. The van der Waals surface area contributed by atoms with Gasteiger partial charge in [-0.25, -0.2) is 9.18 Å². The zero-order valence-corrected chi connectivity index (χ0v) is 12.1. The first-order valence-electron chi connectivity index (χ1n) is 6.79. The van der Waals surface area contributed by atoms with Crippen molar-refractivity contribution in [2.75, 3.05) is 0 Å². The van der Waals surface area contributed by atoms with Crippen molar-refractivity contribution < 1.29 is 14.3 Å². The Morgan fingerprint density at radius 3 is 2.52 bits per heavy atom. The van der Waals surface area contributed by atoms with Gasteiger partial charge in [-0.15, -0.1) is 0 Å². The van der Waals surface area contributed by atoms with Crippen molar-refractivity contribution in [3.8, 4) is 0 Å². The first kappa shape index (κ1) is 15.2. The lowest BCUT2D eigenvalue weighted by Gasteiger charge is -2.16. The van der Waals surface area contributed by atoms with Gasteiger partial charge in [0.15, 0.2) is 0 Å². The van der Waals surface area contributed by atoms with Crippen molar-refractivity contribution in [1.29, 1.82) is 0 Å². The lowest BCUT2D eigenvalue weighted by Crippen LogP contribution is -2.19. The Morgan fingerprint density at radius 1 is 1.24 bits per heavy atom. The lowest BCUT2D eigenvalue weighted by atomic mass is 10.0. The van der Waals surface area contributed by atoms with Crippen LogP contribution in [0.1, 0.15) is 40.0 Å². The number of rotatable bonds is 5. The van der Waals surface area contributed by atoms with Crippen molar-refractivity contribution in [1.82, 2.24) is 5.32 Å². The van der Waals surface area contributed by atoms with Crippen molar-refractivity contribution >= 4 is 5.97 Å². The molecule has 0 aliphatic rings. The van der Waals surface area contributed by atoms with Crippen molar-refractivity contribution in [2.24, 2.45) is 0 Å². The normalized spacial score (nSPS) is 12.1. The minimum Gasteiger partial charge on any atom is -0.478 e. The van der Waals surface area contributed by atoms with Crippen LogP contribution in [-0.2, 0) is 6.54 Å². The van der Waals surface area contributed by atoms with Gasteiger partial charge >= 0.3 is 5.97 Å². The third-order valence-electron chi connectivity index (χ3n) is 3.65. The second-order valence-electron chi connectivity index (χ2n) is 5.05. The number of hydrogen-bond donors (Lipinski definition) is 2. The van der Waals surface area contributed by atoms with Crippen molar-refractivity contribution in [3.63, 3.8) is 0 Å². The molecule has 2 aromatic rings. The molecule has 4 heteroatoms. The summed E-state index contributed by atoms with van der Waals surface area (Å²) in [6.45, 7) is 4.36. The summed E-state index contributed by atoms with van der Waals surface area (Å²) in [5.74, 6) is -1.17. The van der Waals surface area contributed by atoms with E-state index in [1.165, 1.54) is 12.1 Å². The SMILES string of the molecule is Cc1c(CN[C@H](C)c2ccc(F)cc2)cccc1C(=O)O. The van der Waals surface area contributed by atoms with Crippen molar-refractivity contribution in [3.05, 3.63) is 70.5 Å². The summed E-state index contributed by atoms with van der Waals surface area (Å²) >= 11 is 0. The summed E-state index contributed by atoms with van der Waals surface area (Å²) in [7, 11) is 0. The van der Waals surface area contributed by atoms with Gasteiger partial charge in [0.25, 0.3) is 0 Å². The predicted octanol–water partition coefficient (Wildman–Crippen LogP) is 3.68. The van der Waals surface area contributed by atoms with Crippen LogP contribution in [0.25, 0.3) is 0 Å². The highest BCUT2D eigenvalue weighted by Crippen LogP contribution is 2.17. The molecule has 21 heavy (non-hydrogen) atoms. The molecule has 0 aromatic heterocycles. The van der Waals surface area contributed by atoms with Crippen molar-refractivity contribution in [2.45, 2.75) is 26.4 Å². The molecule has 0 saturated carbocycles. The van der Waals surface area contributed by atoms with E-state index in [1.807, 2.05) is 19.9 Å². The second kappa shape index (κ2) is 6.50. The third kappa shape index (κ3) is 3.67. The van der Waals surface area contributed by atoms with E-state index in [4.69, 9.17) is 5.11 Å². The highest BCUT2D eigenvalue weighted by atomic mass is 19.1. The van der Waals surface area contributed by atoms with Crippen LogP contribution in [0.15, 0.2) is 42.5 Å². The van der Waals surface area contributed by atoms with E-state index >= 15 is 0 Å². The number of aromatic carboxylic acids is 1. The smallest absolute Gasteiger partial charge is 0.335 e. The van der Waals surface area contributed by atoms with E-state index < -0.39 is 5.97 Å². The van der Waals surface area contributed by atoms with Crippen LogP contribution in [0.3, 0.4) is 0 Å². The second-order valence-corrected chi connectivity index (χ2v) is 5.05. The molecule has 0 bridgehead atoms. The summed E-state index contributed by atoms with van der Waals surface area (Å²) in [6.07, 6.45) is 0. The number of carboxylic acid groups (broad SMARTS) is 1. The average Bonchev–Trinajstić information content (AvgIpc) is 2.46. The Balaban J connectivity index is 2.08. The summed E-state index contributed by atoms with van der Waals surface area (Å²) < 4.78 is 12.9. The van der Waals surface area contributed by atoms with Crippen LogP contribution >= 0.6 is 0 Å². The Morgan fingerprint density at radius 2 is 1.90 bits per heavy atom. The molecule has 2 N–H and O–H groups in total. The zero-order chi connectivity index (χ0) is 15.4. The molecule has 0 aliphatic carbocycles. The van der Waals surface area contributed by atoms with E-state index in [1.54, 1.807) is 24.3 Å². The summed E-state index contributed by atoms with van der Waals surface area (Å²) in [6, 6.07) is 11.7. The van der Waals surface area contributed by atoms with Gasteiger partial charge in [0, 0.05) is 12.6 Å². The Kier molecular flexibility index (Phi) is 4.70. The van der Waals surface area contributed by atoms with Gasteiger partial charge in [0.1, 0.15) is 5.82 Å². The molecule has 110 valence electrons. The van der Waals surface area contributed by atoms with Crippen LogP contribution in [0.2, 0.25) is 0 Å². The van der Waals surface area contributed by atoms with Gasteiger partial charge in [-0.2, -0.15) is 0 Å². The standard InChI is InChI=1S/C17H18FNO2/c1-11-14(4-3-5-16(11)17(20)21)10-19-12(2)13-6-8-15(18)9-7-13/h3-9,12,19H,10H2,1-2H3,(H,20,21)/t12-/m1/s1. The fraction of sp³-hybridized carbons (Fsp3) is 0.235. The Bertz CT molecular complexity index is 638. The minimum atomic E-state index is -0.916. The number of nitrogens with one attached hydrogen (secondary N) is 1. The third-order valence-corrected chi connectivity index (χ3v) is 3.65. The number of halogens is 1. The molecule has 0 fully saturated rings. The summed E-state index contributed by atoms with van der Waals surface area (Å²) in [5.41, 5.74) is 3.03. The number of benzene rings is 2. The minimum absolute atomic E-state index is 0.0542. The van der Waals surface area contributed by atoms with Crippen LogP contribution in [-0.4, -0.2) is 11.1 Å². The maximum atomic E-state index is 12.9. The first-order chi connectivity index (χ1) is 9.99. The molecule has 0 amide bonds. The molecule has 0 heterocycles. The number of carbonyl (C=O) groups is 1. The van der Waals surface area contributed by atoms with Gasteiger partial charge in [-0.3, -0.25) is 0 Å². The van der Waals surface area contributed by atoms with Gasteiger partial charge in [-0.05, 0) is 48.7 Å². The lowest BCUT2D eigenvalue weighted by molar-refractivity contribution is 0.0696. The van der Waals surface area contributed by atoms with Crippen LogP contribution in [0, 0.1) is 12.7 Å². The molecule has 2 aromatic carbocycles. The van der Waals surface area contributed by atoms with E-state index in [2.05, 4.69) is 5.32 Å². The largest absolute Gasteiger partial charge is 0.478 e. The van der Waals surface area contributed by atoms with Crippen LogP contribution in [0.4, 0.5) is 4.39 Å². The van der Waals surface area contributed by atoms with E-state index in [0.717, 1.165) is 16.7 Å². The van der Waals surface area contributed by atoms with Gasteiger partial charge < -0.3 is 10.4 Å². The Hall–Kier alpha value is -2.20. The maximum Gasteiger partial charge on any atom is 0.335 e. The molecule has 0 aliphatic heterocycles. The quantitative estimate of drug-likeness (QED) is 0.882. The summed E-state index contributed by atoms with van der Waals surface area (Å²) in [5, 5.41) is 12.4. The fourth-order valence-electron chi connectivity index (χ4n) is 2.24. The molecule has 0 radical (unpaired) electrons. The van der Waals surface area contributed by atoms with E-state index in [-0.39, 0.29) is 11.9 Å². The number of carboxylic acids is 1. The Labute approximate surface area is 123 Å². The zero-order valence-electron chi connectivity index (χ0n) is 12.1. The molecule has 0 spiro atoms. The monoisotopic (exact) mass is 287 g/mol. The van der Waals surface area contributed by atoms with Crippen LogP contribution < -0.4 is 5.32 Å². The molecular formula is C17H18FNO2. The van der Waals surface area contributed by atoms with Crippen LogP contribution in [0.5, 0.6) is 0 Å². The van der Waals surface area contributed by atoms with Gasteiger partial charge in [0.2, 0.25) is 0 Å². The first-order valence-corrected chi connectivity index (χ1v) is 6.79. The molecule has 0 saturated heterocycles. The average molecular weight is 287 g/mol. The maximum absolute atomic E-state index is 12.9. The number of hydrogen-bond acceptors (Lipinski definition) is 2.